The molecule has 2 amide bonds. The molecule has 0 aliphatic carbocycles. The maximum absolute atomic E-state index is 13.6. The molecule has 7 heteroatoms. The minimum absolute atomic E-state index is 0.257. The number of hydrogen-bond donors (Lipinski definition) is 3. The number of urea groups is 1. The van der Waals surface area contributed by atoms with Crippen molar-refractivity contribution in [3.63, 3.8) is 0 Å². The van der Waals surface area contributed by atoms with Crippen LogP contribution in [0.4, 0.5) is 27.5 Å². The summed E-state index contributed by atoms with van der Waals surface area (Å²) in [5.74, 6) is 0. The fraction of sp³-hybridized carbons (Fsp3) is 0.269. The van der Waals surface area contributed by atoms with E-state index in [9.17, 15) is 4.79 Å². The van der Waals surface area contributed by atoms with Crippen molar-refractivity contribution in [2.75, 3.05) is 27.8 Å². The lowest BCUT2D eigenvalue weighted by atomic mass is 10.0. The standard InChI is InChI=1S/C26H30Cl2N4O/c1-4-21-23(28)15-24(29)22(5-2)25(21)31-26(33)32(16-17-7-9-18(27)10-8-17)20-13-11-19(12-14-20)30-6-3/h7-15,30H,4-6,16,29H2,1-3H3,(H,31,33). The van der Waals surface area contributed by atoms with Gasteiger partial charge in [0.1, 0.15) is 0 Å². The number of rotatable bonds is 8. The topological polar surface area (TPSA) is 70.4 Å². The van der Waals surface area contributed by atoms with E-state index in [4.69, 9.17) is 28.9 Å². The molecule has 0 radical (unpaired) electrons. The van der Waals surface area contributed by atoms with Gasteiger partial charge in [-0.15, -0.1) is 0 Å². The molecule has 0 fully saturated rings. The van der Waals surface area contributed by atoms with E-state index in [1.165, 1.54) is 0 Å². The van der Waals surface area contributed by atoms with Crippen molar-refractivity contribution in [3.05, 3.63) is 81.3 Å². The molecule has 5 nitrogen and oxygen atoms in total. The molecule has 0 aliphatic rings. The lowest BCUT2D eigenvalue weighted by molar-refractivity contribution is 0.256. The third kappa shape index (κ3) is 5.92. The summed E-state index contributed by atoms with van der Waals surface area (Å²) in [5, 5.41) is 7.60. The van der Waals surface area contributed by atoms with Crippen LogP contribution < -0.4 is 21.3 Å². The Morgan fingerprint density at radius 3 is 2.15 bits per heavy atom. The molecule has 0 aliphatic heterocycles. The number of nitrogens with zero attached hydrogens (tertiary/aromatic N) is 1. The van der Waals surface area contributed by atoms with Crippen LogP contribution in [0.15, 0.2) is 54.6 Å². The zero-order valence-electron chi connectivity index (χ0n) is 19.2. The second kappa shape index (κ2) is 11.3. The smallest absolute Gasteiger partial charge is 0.326 e. The summed E-state index contributed by atoms with van der Waals surface area (Å²) in [7, 11) is 0. The molecule has 3 rings (SSSR count). The summed E-state index contributed by atoms with van der Waals surface area (Å²) >= 11 is 12.5. The molecule has 0 bridgehead atoms. The predicted octanol–water partition coefficient (Wildman–Crippen LogP) is 7.37. The van der Waals surface area contributed by atoms with Crippen LogP contribution >= 0.6 is 23.2 Å². The SMILES string of the molecule is CCNc1ccc(N(Cc2ccc(Cl)cc2)C(=O)Nc2c(CC)c(N)cc(Cl)c2CC)cc1. The first-order valence-corrected chi connectivity index (χ1v) is 11.9. The van der Waals surface area contributed by atoms with Gasteiger partial charge in [-0.25, -0.2) is 4.79 Å². The van der Waals surface area contributed by atoms with Gasteiger partial charge in [-0.1, -0.05) is 49.2 Å². The Balaban J connectivity index is 2.00. The molecular formula is C26H30Cl2N4O. The molecule has 0 aromatic heterocycles. The predicted molar refractivity (Wildman–Crippen MR) is 142 cm³/mol. The number of carbonyl (C=O) groups excluding carboxylic acids is 1. The first kappa shape index (κ1) is 24.7. The Morgan fingerprint density at radius 1 is 0.939 bits per heavy atom. The normalized spacial score (nSPS) is 10.7. The highest BCUT2D eigenvalue weighted by molar-refractivity contribution is 6.32. The molecule has 0 spiro atoms. The van der Waals surface area contributed by atoms with E-state index in [0.717, 1.165) is 34.6 Å². The van der Waals surface area contributed by atoms with Crippen LogP contribution in [0.25, 0.3) is 0 Å². The fourth-order valence-electron chi connectivity index (χ4n) is 3.82. The number of carbonyl (C=O) groups is 1. The molecule has 174 valence electrons. The molecule has 0 saturated carbocycles. The molecule has 0 saturated heterocycles. The molecular weight excluding hydrogens is 455 g/mol. The first-order chi connectivity index (χ1) is 15.9. The third-order valence-electron chi connectivity index (χ3n) is 5.52. The van der Waals surface area contributed by atoms with Gasteiger partial charge in [0.15, 0.2) is 0 Å². The Kier molecular flexibility index (Phi) is 8.48. The summed E-state index contributed by atoms with van der Waals surface area (Å²) in [4.78, 5) is 15.3. The summed E-state index contributed by atoms with van der Waals surface area (Å²) < 4.78 is 0. The minimum Gasteiger partial charge on any atom is -0.398 e. The lowest BCUT2D eigenvalue weighted by Gasteiger charge is -2.26. The van der Waals surface area contributed by atoms with E-state index in [1.54, 1.807) is 11.0 Å². The number of nitrogens with one attached hydrogen (secondary N) is 2. The molecule has 0 unspecified atom stereocenters. The van der Waals surface area contributed by atoms with Crippen molar-refractivity contribution in [3.8, 4) is 0 Å². The molecule has 0 heterocycles. The number of nitrogens with two attached hydrogens (primary N) is 1. The number of benzene rings is 3. The average molecular weight is 485 g/mol. The lowest BCUT2D eigenvalue weighted by Crippen LogP contribution is -2.35. The maximum atomic E-state index is 13.6. The second-order valence-corrected chi connectivity index (χ2v) is 8.55. The highest BCUT2D eigenvalue weighted by Gasteiger charge is 2.21. The van der Waals surface area contributed by atoms with Crippen LogP contribution in [0.1, 0.15) is 37.5 Å². The van der Waals surface area contributed by atoms with Gasteiger partial charge in [-0.2, -0.15) is 0 Å². The number of nitrogen functional groups attached to an aromatic ring is 1. The Hall–Kier alpha value is -2.89. The summed E-state index contributed by atoms with van der Waals surface area (Å²) in [6.45, 7) is 7.27. The summed E-state index contributed by atoms with van der Waals surface area (Å²) in [6.07, 6.45) is 1.36. The van der Waals surface area contributed by atoms with Gasteiger partial charge in [0.25, 0.3) is 0 Å². The Labute approximate surface area is 205 Å². The van der Waals surface area contributed by atoms with Crippen molar-refractivity contribution in [2.45, 2.75) is 40.2 Å². The molecule has 4 N–H and O–H groups in total. The van der Waals surface area contributed by atoms with E-state index in [1.807, 2.05) is 69.3 Å². The fourth-order valence-corrected chi connectivity index (χ4v) is 4.30. The molecule has 3 aromatic carbocycles. The zero-order valence-corrected chi connectivity index (χ0v) is 20.7. The van der Waals surface area contributed by atoms with E-state index in [-0.39, 0.29) is 6.03 Å². The third-order valence-corrected chi connectivity index (χ3v) is 6.11. The maximum Gasteiger partial charge on any atom is 0.326 e. The van der Waals surface area contributed by atoms with Crippen molar-refractivity contribution < 1.29 is 4.79 Å². The van der Waals surface area contributed by atoms with Crippen molar-refractivity contribution in [1.82, 2.24) is 0 Å². The largest absolute Gasteiger partial charge is 0.398 e. The highest BCUT2D eigenvalue weighted by atomic mass is 35.5. The van der Waals surface area contributed by atoms with E-state index >= 15 is 0 Å². The molecule has 33 heavy (non-hydrogen) atoms. The summed E-state index contributed by atoms with van der Waals surface area (Å²) in [6, 6.07) is 16.8. The molecule has 3 aromatic rings. The van der Waals surface area contributed by atoms with Crippen molar-refractivity contribution in [1.29, 1.82) is 0 Å². The van der Waals surface area contributed by atoms with Crippen LogP contribution in [0.3, 0.4) is 0 Å². The number of amides is 2. The zero-order chi connectivity index (χ0) is 24.0. The molecule has 0 atom stereocenters. The van der Waals surface area contributed by atoms with Crippen LogP contribution in [-0.2, 0) is 19.4 Å². The number of hydrogen-bond acceptors (Lipinski definition) is 3. The Morgan fingerprint density at radius 2 is 1.58 bits per heavy atom. The van der Waals surface area contributed by atoms with Crippen LogP contribution in [0, 0.1) is 0 Å². The Bertz CT molecular complexity index is 1070. The number of anilines is 4. The van der Waals surface area contributed by atoms with E-state index < -0.39 is 0 Å². The quantitative estimate of drug-likeness (QED) is 0.292. The van der Waals surface area contributed by atoms with Gasteiger partial charge in [-0.05, 0) is 78.9 Å². The van der Waals surface area contributed by atoms with Gasteiger partial charge in [0, 0.05) is 33.7 Å². The second-order valence-electron chi connectivity index (χ2n) is 7.71. The monoisotopic (exact) mass is 484 g/mol. The van der Waals surface area contributed by atoms with Gasteiger partial charge in [-0.3, -0.25) is 4.90 Å². The highest BCUT2D eigenvalue weighted by Crippen LogP contribution is 2.35. The van der Waals surface area contributed by atoms with E-state index in [2.05, 4.69) is 10.6 Å². The van der Waals surface area contributed by atoms with Gasteiger partial charge in [0.05, 0.1) is 12.2 Å². The van der Waals surface area contributed by atoms with Gasteiger partial charge in [0.2, 0.25) is 0 Å². The van der Waals surface area contributed by atoms with Crippen LogP contribution in [0.2, 0.25) is 10.0 Å². The number of halogens is 2. The van der Waals surface area contributed by atoms with Gasteiger partial charge >= 0.3 is 6.03 Å². The van der Waals surface area contributed by atoms with Crippen LogP contribution in [0.5, 0.6) is 0 Å². The van der Waals surface area contributed by atoms with Crippen molar-refractivity contribution in [2.24, 2.45) is 0 Å². The van der Waals surface area contributed by atoms with Crippen molar-refractivity contribution >= 4 is 52.0 Å². The van der Waals surface area contributed by atoms with Crippen LogP contribution in [-0.4, -0.2) is 12.6 Å². The average Bonchev–Trinajstić information content (AvgIpc) is 2.79. The van der Waals surface area contributed by atoms with E-state index in [0.29, 0.717) is 40.8 Å². The van der Waals surface area contributed by atoms with Gasteiger partial charge < -0.3 is 16.4 Å². The summed E-state index contributed by atoms with van der Waals surface area (Å²) in [5.41, 5.74) is 12.0. The first-order valence-electron chi connectivity index (χ1n) is 11.1. The minimum atomic E-state index is -0.257.